The van der Waals surface area contributed by atoms with Crippen molar-refractivity contribution in [3.05, 3.63) is 28.0 Å². The Balaban J connectivity index is 2.60. The first kappa shape index (κ1) is 10.1. The highest BCUT2D eigenvalue weighted by Gasteiger charge is 2.12. The molecule has 6 heteroatoms. The quantitative estimate of drug-likeness (QED) is 0.655. The Labute approximate surface area is 89.8 Å². The van der Waals surface area contributed by atoms with Crippen molar-refractivity contribution in [2.75, 3.05) is 13.7 Å². The molecule has 0 amide bonds. The highest BCUT2D eigenvalue weighted by atomic mass is 32.1. The summed E-state index contributed by atoms with van der Waals surface area (Å²) in [6.07, 6.45) is 1.66. The summed E-state index contributed by atoms with van der Waals surface area (Å²) in [5, 5.41) is 13.3. The molecule has 2 rings (SSSR count). The van der Waals surface area contributed by atoms with Gasteiger partial charge in [0.25, 0.3) is 0 Å². The van der Waals surface area contributed by atoms with Gasteiger partial charge in [0.15, 0.2) is 0 Å². The standard InChI is InChI=1S/C9H10N2O3S/c1-14-4-2-10-7(12)6-8(13)11-3-5-15-9(10)11/h3,5-6H,2,4H2,1H3. The van der Waals surface area contributed by atoms with E-state index >= 15 is 0 Å². The molecule has 0 spiro atoms. The normalized spacial score (nSPS) is 11.0. The molecule has 0 N–H and O–H groups in total. The van der Waals surface area contributed by atoms with Gasteiger partial charge in [-0.1, -0.05) is 11.3 Å². The van der Waals surface area contributed by atoms with Crippen LogP contribution in [0.2, 0.25) is 0 Å². The number of ether oxygens (including phenoxy) is 1. The van der Waals surface area contributed by atoms with E-state index in [9.17, 15) is 9.90 Å². The molecule has 80 valence electrons. The first-order chi connectivity index (χ1) is 7.24. The largest absolute Gasteiger partial charge is 0.842 e. The lowest BCUT2D eigenvalue weighted by molar-refractivity contribution is -0.715. The average molecular weight is 226 g/mol. The van der Waals surface area contributed by atoms with Gasteiger partial charge >= 0.3 is 10.5 Å². The Morgan fingerprint density at radius 3 is 3.20 bits per heavy atom. The molecule has 2 heterocycles. The van der Waals surface area contributed by atoms with Crippen LogP contribution in [-0.4, -0.2) is 18.1 Å². The van der Waals surface area contributed by atoms with E-state index in [1.165, 1.54) is 20.3 Å². The van der Waals surface area contributed by atoms with E-state index in [4.69, 9.17) is 4.74 Å². The van der Waals surface area contributed by atoms with Crippen LogP contribution in [0.1, 0.15) is 0 Å². The number of nitrogens with zero attached hydrogens (tertiary/aromatic N) is 2. The number of fused-ring (bicyclic) bond motifs is 1. The fourth-order valence-electron chi connectivity index (χ4n) is 1.37. The minimum absolute atomic E-state index is 0.278. The molecule has 5 nitrogen and oxygen atoms in total. The van der Waals surface area contributed by atoms with Crippen LogP contribution in [0.3, 0.4) is 0 Å². The van der Waals surface area contributed by atoms with Crippen LogP contribution in [0.15, 0.2) is 22.4 Å². The predicted octanol–water partition coefficient (Wildman–Crippen LogP) is -0.631. The van der Waals surface area contributed by atoms with Crippen molar-refractivity contribution in [2.45, 2.75) is 6.54 Å². The smallest absolute Gasteiger partial charge is 0.348 e. The maximum atomic E-state index is 11.6. The van der Waals surface area contributed by atoms with Crippen LogP contribution >= 0.6 is 11.3 Å². The Kier molecular flexibility index (Phi) is 2.70. The minimum Gasteiger partial charge on any atom is -0.842 e. The van der Waals surface area contributed by atoms with E-state index in [0.29, 0.717) is 18.1 Å². The van der Waals surface area contributed by atoms with Crippen LogP contribution in [0.4, 0.5) is 0 Å². The van der Waals surface area contributed by atoms with E-state index in [2.05, 4.69) is 0 Å². The van der Waals surface area contributed by atoms with Crippen molar-refractivity contribution in [1.29, 1.82) is 0 Å². The highest BCUT2D eigenvalue weighted by molar-refractivity contribution is 7.14. The van der Waals surface area contributed by atoms with Crippen molar-refractivity contribution in [3.8, 4) is 5.88 Å². The predicted molar refractivity (Wildman–Crippen MR) is 53.1 cm³/mol. The molecule has 0 aliphatic heterocycles. The Morgan fingerprint density at radius 2 is 2.47 bits per heavy atom. The second-order valence-corrected chi connectivity index (χ2v) is 3.89. The van der Waals surface area contributed by atoms with Gasteiger partial charge in [-0.15, -0.1) is 0 Å². The maximum Gasteiger partial charge on any atom is 0.348 e. The molecule has 0 fully saturated rings. The van der Waals surface area contributed by atoms with E-state index in [1.54, 1.807) is 18.7 Å². The fourth-order valence-corrected chi connectivity index (χ4v) is 2.25. The Bertz CT molecular complexity index is 532. The van der Waals surface area contributed by atoms with E-state index < -0.39 is 0 Å². The lowest BCUT2D eigenvalue weighted by Gasteiger charge is -2.09. The summed E-state index contributed by atoms with van der Waals surface area (Å²) in [7, 11) is 1.58. The van der Waals surface area contributed by atoms with E-state index in [0.717, 1.165) is 6.07 Å². The number of aromatic nitrogens is 2. The number of rotatable bonds is 3. The van der Waals surface area contributed by atoms with Crippen LogP contribution in [0.25, 0.3) is 4.96 Å². The second kappa shape index (κ2) is 4.00. The Hall–Kier alpha value is -1.40. The number of methoxy groups -OCH3 is 1. The van der Waals surface area contributed by atoms with Gasteiger partial charge in [-0.3, -0.25) is 0 Å². The molecular weight excluding hydrogens is 216 g/mol. The third-order valence-corrected chi connectivity index (χ3v) is 2.98. The zero-order valence-electron chi connectivity index (χ0n) is 8.17. The molecule has 0 aliphatic carbocycles. The summed E-state index contributed by atoms with van der Waals surface area (Å²) in [4.78, 5) is 12.1. The maximum absolute atomic E-state index is 11.6. The third kappa shape index (κ3) is 1.73. The van der Waals surface area contributed by atoms with E-state index in [1.807, 2.05) is 0 Å². The van der Waals surface area contributed by atoms with E-state index in [-0.39, 0.29) is 11.4 Å². The summed E-state index contributed by atoms with van der Waals surface area (Å²) < 4.78 is 7.91. The van der Waals surface area contributed by atoms with Crippen LogP contribution in [-0.2, 0) is 11.3 Å². The molecule has 0 unspecified atom stereocenters. The summed E-state index contributed by atoms with van der Waals surface area (Å²) in [5.41, 5.74) is -0.287. The summed E-state index contributed by atoms with van der Waals surface area (Å²) in [6, 6.07) is 1.09. The second-order valence-electron chi connectivity index (χ2n) is 3.02. The summed E-state index contributed by atoms with van der Waals surface area (Å²) >= 11 is 1.36. The fraction of sp³-hybridized carbons (Fsp3) is 0.333. The molecule has 0 bridgehead atoms. The van der Waals surface area contributed by atoms with Gasteiger partial charge in [-0.2, -0.15) is 4.40 Å². The van der Waals surface area contributed by atoms with Gasteiger partial charge in [0, 0.05) is 12.5 Å². The lowest BCUT2D eigenvalue weighted by Crippen LogP contribution is -2.43. The van der Waals surface area contributed by atoms with Gasteiger partial charge < -0.3 is 9.84 Å². The SMILES string of the molecule is COCC[n+]1c([O-])cc(=O)n2ccsc21. The average Bonchev–Trinajstić information content (AvgIpc) is 2.66. The van der Waals surface area contributed by atoms with Crippen molar-refractivity contribution < 1.29 is 14.4 Å². The minimum atomic E-state index is -0.287. The molecular formula is C9H10N2O3S. The van der Waals surface area contributed by atoms with Crippen LogP contribution < -0.4 is 15.2 Å². The van der Waals surface area contributed by atoms with Gasteiger partial charge in [0.1, 0.15) is 12.7 Å². The zero-order valence-corrected chi connectivity index (χ0v) is 8.99. The lowest BCUT2D eigenvalue weighted by atomic mass is 10.5. The molecule has 2 aromatic heterocycles. The first-order valence-electron chi connectivity index (χ1n) is 4.42. The molecule has 0 atom stereocenters. The van der Waals surface area contributed by atoms with Crippen molar-refractivity contribution in [3.63, 3.8) is 0 Å². The number of thiazole rings is 1. The van der Waals surface area contributed by atoms with Gasteiger partial charge in [-0.05, 0) is 0 Å². The van der Waals surface area contributed by atoms with Crippen molar-refractivity contribution in [2.24, 2.45) is 0 Å². The van der Waals surface area contributed by atoms with Gasteiger partial charge in [0.05, 0.1) is 18.6 Å². The Morgan fingerprint density at radius 1 is 1.67 bits per heavy atom. The molecule has 2 aromatic rings. The van der Waals surface area contributed by atoms with Crippen molar-refractivity contribution in [1.82, 2.24) is 4.40 Å². The molecule has 0 aromatic carbocycles. The molecule has 15 heavy (non-hydrogen) atoms. The molecule has 0 radical (unpaired) electrons. The van der Waals surface area contributed by atoms with Crippen molar-refractivity contribution >= 4 is 16.3 Å². The molecule has 0 aliphatic rings. The van der Waals surface area contributed by atoms with Gasteiger partial charge in [0.2, 0.25) is 0 Å². The first-order valence-corrected chi connectivity index (χ1v) is 5.30. The monoisotopic (exact) mass is 226 g/mol. The zero-order chi connectivity index (χ0) is 10.8. The number of hydrogen-bond acceptors (Lipinski definition) is 4. The summed E-state index contributed by atoms with van der Waals surface area (Å²) in [5.74, 6) is -0.278. The highest BCUT2D eigenvalue weighted by Crippen LogP contribution is 2.06. The molecule has 0 saturated heterocycles. The van der Waals surface area contributed by atoms with Gasteiger partial charge in [-0.25, -0.2) is 9.36 Å². The summed E-state index contributed by atoms with van der Waals surface area (Å²) in [6.45, 7) is 0.908. The van der Waals surface area contributed by atoms with Crippen LogP contribution in [0, 0.1) is 0 Å². The topological polar surface area (TPSA) is 57.7 Å². The molecule has 0 saturated carbocycles. The number of hydrogen-bond donors (Lipinski definition) is 0. The third-order valence-electron chi connectivity index (χ3n) is 2.09. The van der Waals surface area contributed by atoms with Crippen LogP contribution in [0.5, 0.6) is 5.88 Å².